The summed E-state index contributed by atoms with van der Waals surface area (Å²) in [4.78, 5) is 22.3. The molecule has 4 heterocycles. The van der Waals surface area contributed by atoms with Crippen molar-refractivity contribution < 1.29 is 9.53 Å². The third-order valence-electron chi connectivity index (χ3n) is 6.04. The van der Waals surface area contributed by atoms with Gasteiger partial charge in [-0.1, -0.05) is 23.7 Å². The summed E-state index contributed by atoms with van der Waals surface area (Å²) in [7, 11) is 0. The lowest BCUT2D eigenvalue weighted by Gasteiger charge is -2.31. The predicted molar refractivity (Wildman–Crippen MR) is 125 cm³/mol. The van der Waals surface area contributed by atoms with E-state index in [1.54, 1.807) is 0 Å². The Morgan fingerprint density at radius 1 is 1.09 bits per heavy atom. The monoisotopic (exact) mass is 451 g/mol. The number of aromatic nitrogens is 3. The molecular formula is C24H26ClN5O2. The molecule has 1 amide bonds. The number of pyridine rings is 1. The number of hydrogen-bond donors (Lipinski definition) is 0. The van der Waals surface area contributed by atoms with Gasteiger partial charge in [0.1, 0.15) is 11.6 Å². The van der Waals surface area contributed by atoms with Gasteiger partial charge in [0, 0.05) is 43.0 Å². The molecule has 2 aromatic heterocycles. The number of anilines is 2. The van der Waals surface area contributed by atoms with Gasteiger partial charge in [-0.2, -0.15) is 5.10 Å². The van der Waals surface area contributed by atoms with Gasteiger partial charge in [0.25, 0.3) is 0 Å². The fraction of sp³-hybridized carbons (Fsp3) is 0.375. The average molecular weight is 452 g/mol. The van der Waals surface area contributed by atoms with Gasteiger partial charge in [-0.3, -0.25) is 9.69 Å². The van der Waals surface area contributed by atoms with Crippen molar-refractivity contribution in [1.29, 1.82) is 0 Å². The van der Waals surface area contributed by atoms with Crippen molar-refractivity contribution in [2.45, 2.75) is 26.3 Å². The SMILES string of the molecule is Cc1nn2c(c1-c1cccnc1N1CCOCC1)N(C(=O)Cc1ccc(Cl)cc1)CCC2. The highest BCUT2D eigenvalue weighted by Crippen LogP contribution is 2.40. The average Bonchev–Trinajstić information content (AvgIpc) is 3.16. The number of halogens is 1. The molecule has 0 spiro atoms. The second-order valence-electron chi connectivity index (χ2n) is 8.18. The maximum Gasteiger partial charge on any atom is 0.232 e. The molecule has 3 aromatic rings. The number of aryl methyl sites for hydroxylation is 2. The maximum absolute atomic E-state index is 13.4. The lowest BCUT2D eigenvalue weighted by atomic mass is 10.0. The van der Waals surface area contributed by atoms with Crippen LogP contribution in [0.25, 0.3) is 11.1 Å². The van der Waals surface area contributed by atoms with Crippen LogP contribution in [0.3, 0.4) is 0 Å². The van der Waals surface area contributed by atoms with E-state index in [1.807, 2.05) is 53.0 Å². The first-order chi connectivity index (χ1) is 15.6. The minimum absolute atomic E-state index is 0.0613. The number of fused-ring (bicyclic) bond motifs is 1. The van der Waals surface area contributed by atoms with Gasteiger partial charge in [-0.15, -0.1) is 0 Å². The molecule has 0 atom stereocenters. The fourth-order valence-corrected chi connectivity index (χ4v) is 4.66. The van der Waals surface area contributed by atoms with Gasteiger partial charge in [-0.05, 0) is 43.2 Å². The van der Waals surface area contributed by atoms with Crippen molar-refractivity contribution in [3.8, 4) is 11.1 Å². The third-order valence-corrected chi connectivity index (χ3v) is 6.30. The van der Waals surface area contributed by atoms with E-state index >= 15 is 0 Å². The van der Waals surface area contributed by atoms with Gasteiger partial charge in [-0.25, -0.2) is 9.67 Å². The first-order valence-corrected chi connectivity index (χ1v) is 11.4. The Balaban J connectivity index is 1.53. The van der Waals surface area contributed by atoms with Crippen LogP contribution in [-0.4, -0.2) is 53.5 Å². The quantitative estimate of drug-likeness (QED) is 0.605. The van der Waals surface area contributed by atoms with E-state index in [0.717, 1.165) is 60.1 Å². The summed E-state index contributed by atoms with van der Waals surface area (Å²) < 4.78 is 7.51. The fourth-order valence-electron chi connectivity index (χ4n) is 4.53. The van der Waals surface area contributed by atoms with Gasteiger partial charge in [0.05, 0.1) is 30.9 Å². The number of carbonyl (C=O) groups excluding carboxylic acids is 1. The number of rotatable bonds is 4. The molecular weight excluding hydrogens is 426 g/mol. The summed E-state index contributed by atoms with van der Waals surface area (Å²) in [6, 6.07) is 11.5. The summed E-state index contributed by atoms with van der Waals surface area (Å²) in [6.45, 7) is 6.46. The van der Waals surface area contributed by atoms with Gasteiger partial charge in [0.15, 0.2) is 0 Å². The Hall–Kier alpha value is -2.90. The molecule has 5 rings (SSSR count). The molecule has 0 saturated carbocycles. The van der Waals surface area contributed by atoms with E-state index in [4.69, 9.17) is 26.4 Å². The molecule has 0 radical (unpaired) electrons. The predicted octanol–water partition coefficient (Wildman–Crippen LogP) is 3.72. The van der Waals surface area contributed by atoms with Gasteiger partial charge >= 0.3 is 0 Å². The summed E-state index contributed by atoms with van der Waals surface area (Å²) in [5.74, 6) is 1.85. The molecule has 0 unspecified atom stereocenters. The highest BCUT2D eigenvalue weighted by Gasteiger charge is 2.31. The number of morpholine rings is 1. The molecule has 32 heavy (non-hydrogen) atoms. The highest BCUT2D eigenvalue weighted by atomic mass is 35.5. The lowest BCUT2D eigenvalue weighted by molar-refractivity contribution is -0.118. The molecule has 1 fully saturated rings. The van der Waals surface area contributed by atoms with Crippen LogP contribution < -0.4 is 9.80 Å². The van der Waals surface area contributed by atoms with Crippen LogP contribution >= 0.6 is 11.6 Å². The number of nitrogens with zero attached hydrogens (tertiary/aromatic N) is 5. The van der Waals surface area contributed by atoms with Crippen LogP contribution in [0.1, 0.15) is 17.7 Å². The zero-order valence-electron chi connectivity index (χ0n) is 18.1. The number of benzene rings is 1. The second-order valence-corrected chi connectivity index (χ2v) is 8.62. The zero-order chi connectivity index (χ0) is 22.1. The van der Waals surface area contributed by atoms with Crippen molar-refractivity contribution in [2.24, 2.45) is 0 Å². The molecule has 7 nitrogen and oxygen atoms in total. The Kier molecular flexibility index (Phi) is 5.85. The molecule has 0 bridgehead atoms. The van der Waals surface area contributed by atoms with E-state index in [0.29, 0.717) is 31.2 Å². The summed E-state index contributed by atoms with van der Waals surface area (Å²) in [6.07, 6.45) is 3.02. The van der Waals surface area contributed by atoms with Crippen molar-refractivity contribution in [1.82, 2.24) is 14.8 Å². The molecule has 1 saturated heterocycles. The minimum atomic E-state index is 0.0613. The normalized spacial score (nSPS) is 16.2. The van der Waals surface area contributed by atoms with Crippen molar-refractivity contribution in [3.05, 3.63) is 58.9 Å². The maximum atomic E-state index is 13.4. The van der Waals surface area contributed by atoms with Crippen molar-refractivity contribution in [2.75, 3.05) is 42.6 Å². The second kappa shape index (κ2) is 8.92. The van der Waals surface area contributed by atoms with Gasteiger partial charge in [0.2, 0.25) is 5.91 Å². The number of hydrogen-bond acceptors (Lipinski definition) is 5. The first kappa shape index (κ1) is 21.0. The summed E-state index contributed by atoms with van der Waals surface area (Å²) in [5.41, 5.74) is 3.86. The van der Waals surface area contributed by atoms with Crippen molar-refractivity contribution >= 4 is 29.1 Å². The van der Waals surface area contributed by atoms with Crippen LogP contribution in [0.5, 0.6) is 0 Å². The molecule has 2 aliphatic rings. The van der Waals surface area contributed by atoms with Crippen LogP contribution in [0.15, 0.2) is 42.6 Å². The Bertz CT molecular complexity index is 1120. The first-order valence-electron chi connectivity index (χ1n) is 11.0. The molecule has 2 aliphatic heterocycles. The van der Waals surface area contributed by atoms with Crippen LogP contribution in [0.2, 0.25) is 5.02 Å². The van der Waals surface area contributed by atoms with E-state index in [2.05, 4.69) is 11.0 Å². The Morgan fingerprint density at radius 2 is 1.88 bits per heavy atom. The third kappa shape index (κ3) is 3.98. The van der Waals surface area contributed by atoms with Crippen molar-refractivity contribution in [3.63, 3.8) is 0 Å². The topological polar surface area (TPSA) is 63.5 Å². The van der Waals surface area contributed by atoms with E-state index < -0.39 is 0 Å². The van der Waals surface area contributed by atoms with E-state index in [9.17, 15) is 4.79 Å². The number of amides is 1. The van der Waals surface area contributed by atoms with Crippen LogP contribution in [-0.2, 0) is 22.5 Å². The molecule has 0 N–H and O–H groups in total. The van der Waals surface area contributed by atoms with E-state index in [1.165, 1.54) is 0 Å². The van der Waals surface area contributed by atoms with E-state index in [-0.39, 0.29) is 5.91 Å². The largest absolute Gasteiger partial charge is 0.378 e. The number of carbonyl (C=O) groups is 1. The molecule has 1 aromatic carbocycles. The molecule has 8 heteroatoms. The highest BCUT2D eigenvalue weighted by molar-refractivity contribution is 6.30. The summed E-state index contributed by atoms with van der Waals surface area (Å²) in [5, 5.41) is 5.47. The smallest absolute Gasteiger partial charge is 0.232 e. The van der Waals surface area contributed by atoms with Gasteiger partial charge < -0.3 is 9.64 Å². The van der Waals surface area contributed by atoms with Crippen LogP contribution in [0.4, 0.5) is 11.6 Å². The zero-order valence-corrected chi connectivity index (χ0v) is 18.9. The Labute approximate surface area is 192 Å². The molecule has 166 valence electrons. The lowest BCUT2D eigenvalue weighted by Crippen LogP contribution is -2.39. The summed E-state index contributed by atoms with van der Waals surface area (Å²) >= 11 is 6.01. The molecule has 0 aliphatic carbocycles. The Morgan fingerprint density at radius 3 is 2.66 bits per heavy atom. The van der Waals surface area contributed by atoms with Crippen LogP contribution in [0, 0.1) is 6.92 Å². The standard InChI is InChI=1S/C24H26ClN5O2/c1-17-22(20-4-2-9-26-23(20)28-12-14-32-15-13-28)24-29(10-3-11-30(24)27-17)21(31)16-18-5-7-19(25)8-6-18/h2,4-9H,3,10-16H2,1H3. The number of ether oxygens (including phenoxy) is 1. The minimum Gasteiger partial charge on any atom is -0.378 e.